The van der Waals surface area contributed by atoms with Crippen LogP contribution in [0.4, 0.5) is 0 Å². The summed E-state index contributed by atoms with van der Waals surface area (Å²) in [6.45, 7) is 8.30. The Kier molecular flexibility index (Phi) is 4.32. The van der Waals surface area contributed by atoms with Crippen molar-refractivity contribution < 1.29 is 0 Å². The summed E-state index contributed by atoms with van der Waals surface area (Å²) in [5, 5.41) is 0. The lowest BCUT2D eigenvalue weighted by atomic mass is 9.86. The van der Waals surface area contributed by atoms with E-state index in [-0.39, 0.29) is 5.41 Å². The van der Waals surface area contributed by atoms with Crippen LogP contribution < -0.4 is 11.5 Å². The van der Waals surface area contributed by atoms with Crippen LogP contribution in [0.15, 0.2) is 35.7 Å². The van der Waals surface area contributed by atoms with Crippen LogP contribution in [0, 0.1) is 5.41 Å². The second kappa shape index (κ2) is 4.75. The number of nitrogens with two attached hydrogens (primary N) is 2. The molecule has 4 N–H and O–H groups in total. The Bertz CT molecular complexity index is 239. The van der Waals surface area contributed by atoms with Crippen molar-refractivity contribution in [1.29, 1.82) is 0 Å². The quantitative estimate of drug-likeness (QED) is 0.641. The second-order valence-corrected chi connectivity index (χ2v) is 4.00. The van der Waals surface area contributed by atoms with E-state index in [2.05, 4.69) is 20.8 Å². The zero-order valence-electron chi connectivity index (χ0n) is 8.96. The van der Waals surface area contributed by atoms with E-state index in [9.17, 15) is 0 Å². The lowest BCUT2D eigenvalue weighted by Crippen LogP contribution is -2.09. The molecule has 0 saturated heterocycles. The van der Waals surface area contributed by atoms with Gasteiger partial charge in [0.1, 0.15) is 0 Å². The fourth-order valence-corrected chi connectivity index (χ4v) is 0.881. The van der Waals surface area contributed by atoms with Gasteiger partial charge in [-0.2, -0.15) is 0 Å². The summed E-state index contributed by atoms with van der Waals surface area (Å²) in [7, 11) is 0. The first-order chi connectivity index (χ1) is 5.91. The Labute approximate surface area is 81.0 Å². The third-order valence-electron chi connectivity index (χ3n) is 1.80. The highest BCUT2D eigenvalue weighted by atomic mass is 14.6. The number of rotatable bonds is 2. The van der Waals surface area contributed by atoms with Gasteiger partial charge in [-0.1, -0.05) is 26.8 Å². The fraction of sp³-hybridized carbons (Fsp3) is 0.455. The van der Waals surface area contributed by atoms with E-state index >= 15 is 0 Å². The highest BCUT2D eigenvalue weighted by molar-refractivity contribution is 5.31. The smallest absolute Gasteiger partial charge is 0.0273 e. The molecule has 0 saturated carbocycles. The second-order valence-electron chi connectivity index (χ2n) is 4.00. The fourth-order valence-electron chi connectivity index (χ4n) is 0.881. The van der Waals surface area contributed by atoms with Gasteiger partial charge in [0.05, 0.1) is 0 Å². The summed E-state index contributed by atoms with van der Waals surface area (Å²) in [6.07, 6.45) is 7.25. The monoisotopic (exact) mass is 180 g/mol. The summed E-state index contributed by atoms with van der Waals surface area (Å²) in [5.74, 6) is 0. The van der Waals surface area contributed by atoms with Crippen LogP contribution in [0.5, 0.6) is 0 Å². The molecule has 0 rings (SSSR count). The highest BCUT2D eigenvalue weighted by Crippen LogP contribution is 2.26. The molecule has 2 heteroatoms. The molecule has 74 valence electrons. The molecule has 0 fully saturated rings. The summed E-state index contributed by atoms with van der Waals surface area (Å²) in [5.41, 5.74) is 13.0. The van der Waals surface area contributed by atoms with Crippen LogP contribution in [0.1, 0.15) is 27.7 Å². The number of allylic oxidation sites excluding steroid dienone is 4. The Morgan fingerprint density at radius 3 is 2.08 bits per heavy atom. The Morgan fingerprint density at radius 1 is 1.23 bits per heavy atom. The zero-order chi connectivity index (χ0) is 10.5. The van der Waals surface area contributed by atoms with Crippen LogP contribution >= 0.6 is 0 Å². The minimum Gasteiger partial charge on any atom is -0.405 e. The predicted octanol–water partition coefficient (Wildman–Crippen LogP) is 2.29. The Balaban J connectivity index is 4.93. The van der Waals surface area contributed by atoms with Gasteiger partial charge < -0.3 is 11.5 Å². The van der Waals surface area contributed by atoms with Gasteiger partial charge in [-0.05, 0) is 36.3 Å². The van der Waals surface area contributed by atoms with Crippen LogP contribution in [-0.4, -0.2) is 0 Å². The molecule has 0 atom stereocenters. The maximum Gasteiger partial charge on any atom is 0.0273 e. The molecule has 0 heterocycles. The first-order valence-corrected chi connectivity index (χ1v) is 4.44. The summed E-state index contributed by atoms with van der Waals surface area (Å²) in [4.78, 5) is 0. The Hall–Kier alpha value is -1.18. The summed E-state index contributed by atoms with van der Waals surface area (Å²) < 4.78 is 0. The van der Waals surface area contributed by atoms with E-state index < -0.39 is 0 Å². The summed E-state index contributed by atoms with van der Waals surface area (Å²) in [6, 6.07) is 0. The van der Waals surface area contributed by atoms with E-state index in [1.54, 1.807) is 6.20 Å². The molecule has 0 radical (unpaired) electrons. The highest BCUT2D eigenvalue weighted by Gasteiger charge is 2.14. The van der Waals surface area contributed by atoms with E-state index in [1.165, 1.54) is 0 Å². The van der Waals surface area contributed by atoms with Gasteiger partial charge in [-0.3, -0.25) is 0 Å². The molecule has 0 bridgehead atoms. The summed E-state index contributed by atoms with van der Waals surface area (Å²) >= 11 is 0. The van der Waals surface area contributed by atoms with Gasteiger partial charge in [-0.15, -0.1) is 0 Å². The van der Waals surface area contributed by atoms with E-state index in [0.717, 1.165) is 11.3 Å². The van der Waals surface area contributed by atoms with Gasteiger partial charge in [-0.25, -0.2) is 0 Å². The normalized spacial score (nSPS) is 15.4. The minimum atomic E-state index is 0.0729. The van der Waals surface area contributed by atoms with E-state index in [1.807, 2.05) is 25.2 Å². The van der Waals surface area contributed by atoms with E-state index in [4.69, 9.17) is 11.5 Å². The van der Waals surface area contributed by atoms with Crippen LogP contribution in [0.3, 0.4) is 0 Å². The van der Waals surface area contributed by atoms with Crippen molar-refractivity contribution in [3.63, 3.8) is 0 Å². The molecule has 0 unspecified atom stereocenters. The van der Waals surface area contributed by atoms with Gasteiger partial charge in [0, 0.05) is 5.70 Å². The van der Waals surface area contributed by atoms with Crippen molar-refractivity contribution in [2.75, 3.05) is 0 Å². The number of hydrogen-bond donors (Lipinski definition) is 2. The van der Waals surface area contributed by atoms with Crippen LogP contribution in [-0.2, 0) is 0 Å². The molecule has 0 aliphatic heterocycles. The molecular weight excluding hydrogens is 160 g/mol. The average molecular weight is 180 g/mol. The topological polar surface area (TPSA) is 52.0 Å². The SMILES string of the molecule is C\C=C(N)/C=C(\C=C/N)C(C)(C)C. The average Bonchev–Trinajstić information content (AvgIpc) is 2.01. The maximum atomic E-state index is 5.71. The molecular formula is C11H20N2. The Morgan fingerprint density at radius 2 is 1.77 bits per heavy atom. The van der Waals surface area contributed by atoms with Crippen LogP contribution in [0.2, 0.25) is 0 Å². The lowest BCUT2D eigenvalue weighted by Gasteiger charge is -2.20. The standard InChI is InChI=1S/C11H20N2/c1-5-10(13)8-9(6-7-12)11(2,3)4/h5-8H,12-13H2,1-4H3/b7-6-,9-8+,10-5+. The molecule has 0 aliphatic rings. The lowest BCUT2D eigenvalue weighted by molar-refractivity contribution is 0.516. The largest absolute Gasteiger partial charge is 0.405 e. The van der Waals surface area contributed by atoms with Gasteiger partial charge in [0.2, 0.25) is 0 Å². The predicted molar refractivity (Wildman–Crippen MR) is 58.8 cm³/mol. The molecule has 0 aromatic heterocycles. The zero-order valence-corrected chi connectivity index (χ0v) is 8.96. The van der Waals surface area contributed by atoms with Crippen molar-refractivity contribution in [2.45, 2.75) is 27.7 Å². The molecule has 0 aromatic carbocycles. The van der Waals surface area contributed by atoms with Crippen molar-refractivity contribution in [3.8, 4) is 0 Å². The third kappa shape index (κ3) is 4.41. The van der Waals surface area contributed by atoms with Crippen molar-refractivity contribution in [1.82, 2.24) is 0 Å². The number of hydrogen-bond acceptors (Lipinski definition) is 2. The van der Waals surface area contributed by atoms with Crippen LogP contribution in [0.25, 0.3) is 0 Å². The van der Waals surface area contributed by atoms with Crippen molar-refractivity contribution in [3.05, 3.63) is 35.7 Å². The molecule has 2 nitrogen and oxygen atoms in total. The van der Waals surface area contributed by atoms with Gasteiger partial charge in [0.15, 0.2) is 0 Å². The molecule has 0 spiro atoms. The first-order valence-electron chi connectivity index (χ1n) is 4.44. The van der Waals surface area contributed by atoms with Gasteiger partial charge in [0.25, 0.3) is 0 Å². The molecule has 0 aromatic rings. The maximum absolute atomic E-state index is 5.71. The van der Waals surface area contributed by atoms with Gasteiger partial charge >= 0.3 is 0 Å². The van der Waals surface area contributed by atoms with Crippen molar-refractivity contribution >= 4 is 0 Å². The van der Waals surface area contributed by atoms with Crippen molar-refractivity contribution in [2.24, 2.45) is 16.9 Å². The first kappa shape index (κ1) is 11.8. The third-order valence-corrected chi connectivity index (χ3v) is 1.80. The minimum absolute atomic E-state index is 0.0729. The molecule has 0 amide bonds. The molecule has 13 heavy (non-hydrogen) atoms. The molecule has 0 aliphatic carbocycles. The van der Waals surface area contributed by atoms with E-state index in [0.29, 0.717) is 0 Å².